The molecule has 19 heavy (non-hydrogen) atoms. The van der Waals surface area contributed by atoms with Crippen molar-refractivity contribution < 1.29 is 9.53 Å². The number of carbonyl (C=O) groups excluding carboxylic acids is 1. The average Bonchev–Trinajstić information content (AvgIpc) is 2.36. The summed E-state index contributed by atoms with van der Waals surface area (Å²) in [6.07, 6.45) is 0. The van der Waals surface area contributed by atoms with E-state index in [0.29, 0.717) is 11.3 Å². The largest absolute Gasteiger partial charge is 0.457 e. The summed E-state index contributed by atoms with van der Waals surface area (Å²) in [6, 6.07) is 13.1. The molecule has 0 aliphatic carbocycles. The Morgan fingerprint density at radius 1 is 1.21 bits per heavy atom. The Balaban J connectivity index is 2.03. The van der Waals surface area contributed by atoms with E-state index < -0.39 is 0 Å². The van der Waals surface area contributed by atoms with Crippen LogP contribution >= 0.6 is 22.6 Å². The predicted molar refractivity (Wildman–Crippen MR) is 83.9 cm³/mol. The first-order valence-electron chi connectivity index (χ1n) is 5.83. The van der Waals surface area contributed by atoms with Crippen LogP contribution in [0.4, 0.5) is 5.69 Å². The zero-order valence-electron chi connectivity index (χ0n) is 10.5. The molecule has 0 saturated heterocycles. The monoisotopic (exact) mass is 367 g/mol. The maximum absolute atomic E-state index is 11.9. The Morgan fingerprint density at radius 3 is 2.53 bits per heavy atom. The highest BCUT2D eigenvalue weighted by atomic mass is 127. The van der Waals surface area contributed by atoms with Gasteiger partial charge in [-0.25, -0.2) is 4.79 Å². The van der Waals surface area contributed by atoms with Crippen LogP contribution in [-0.2, 0) is 11.3 Å². The van der Waals surface area contributed by atoms with Crippen molar-refractivity contribution in [3.8, 4) is 0 Å². The van der Waals surface area contributed by atoms with Gasteiger partial charge in [-0.05, 0) is 71.0 Å². The molecule has 0 radical (unpaired) electrons. The van der Waals surface area contributed by atoms with Gasteiger partial charge in [0.05, 0.1) is 5.56 Å². The molecular weight excluding hydrogens is 353 g/mol. The van der Waals surface area contributed by atoms with Gasteiger partial charge in [-0.15, -0.1) is 0 Å². The van der Waals surface area contributed by atoms with Crippen LogP contribution in [0.15, 0.2) is 42.5 Å². The summed E-state index contributed by atoms with van der Waals surface area (Å²) >= 11 is 2.23. The molecule has 0 unspecified atom stereocenters. The minimum absolute atomic E-state index is 0.267. The highest BCUT2D eigenvalue weighted by Crippen LogP contribution is 2.14. The standard InChI is InChI=1S/C15H14INO2/c1-10-6-12(8-14(17)7-10)15(18)19-9-11-2-4-13(16)5-3-11/h2-8H,9,17H2,1H3. The maximum atomic E-state index is 11.9. The van der Waals surface area contributed by atoms with Crippen molar-refractivity contribution in [1.29, 1.82) is 0 Å². The fourth-order valence-electron chi connectivity index (χ4n) is 1.74. The Morgan fingerprint density at radius 2 is 1.89 bits per heavy atom. The number of halogens is 1. The van der Waals surface area contributed by atoms with E-state index in [1.54, 1.807) is 12.1 Å². The summed E-state index contributed by atoms with van der Waals surface area (Å²) < 4.78 is 6.42. The second-order valence-corrected chi connectivity index (χ2v) is 5.58. The lowest BCUT2D eigenvalue weighted by Gasteiger charge is -2.07. The van der Waals surface area contributed by atoms with E-state index in [0.717, 1.165) is 14.7 Å². The van der Waals surface area contributed by atoms with E-state index in [4.69, 9.17) is 10.5 Å². The molecule has 0 aliphatic heterocycles. The second kappa shape index (κ2) is 6.06. The predicted octanol–water partition coefficient (Wildman–Crippen LogP) is 3.54. The summed E-state index contributed by atoms with van der Waals surface area (Å²) in [7, 11) is 0. The molecule has 4 heteroatoms. The lowest BCUT2D eigenvalue weighted by atomic mass is 10.1. The lowest BCUT2D eigenvalue weighted by Crippen LogP contribution is -2.06. The number of anilines is 1. The molecular formula is C15H14INO2. The van der Waals surface area contributed by atoms with Crippen molar-refractivity contribution in [3.63, 3.8) is 0 Å². The SMILES string of the molecule is Cc1cc(N)cc(C(=O)OCc2ccc(I)cc2)c1. The van der Waals surface area contributed by atoms with Crippen molar-refractivity contribution in [2.45, 2.75) is 13.5 Å². The van der Waals surface area contributed by atoms with Crippen LogP contribution in [0.1, 0.15) is 21.5 Å². The van der Waals surface area contributed by atoms with Crippen LogP contribution in [0, 0.1) is 10.5 Å². The first-order chi connectivity index (χ1) is 9.04. The zero-order valence-corrected chi connectivity index (χ0v) is 12.7. The van der Waals surface area contributed by atoms with Gasteiger partial charge in [0.2, 0.25) is 0 Å². The molecule has 2 aromatic rings. The Bertz CT molecular complexity index is 573. The number of aryl methyl sites for hydroxylation is 1. The number of benzene rings is 2. The number of nitrogen functional groups attached to an aromatic ring is 1. The molecule has 2 aromatic carbocycles. The smallest absolute Gasteiger partial charge is 0.338 e. The second-order valence-electron chi connectivity index (χ2n) is 4.33. The Labute approximate surface area is 125 Å². The van der Waals surface area contributed by atoms with Crippen molar-refractivity contribution in [1.82, 2.24) is 0 Å². The molecule has 0 heterocycles. The summed E-state index contributed by atoms with van der Waals surface area (Å²) in [5.74, 6) is -0.353. The van der Waals surface area contributed by atoms with Crippen LogP contribution < -0.4 is 5.73 Å². The lowest BCUT2D eigenvalue weighted by molar-refractivity contribution is 0.0472. The molecule has 0 aliphatic rings. The van der Waals surface area contributed by atoms with Crippen molar-refractivity contribution in [3.05, 3.63) is 62.7 Å². The number of hydrogen-bond donors (Lipinski definition) is 1. The summed E-state index contributed by atoms with van der Waals surface area (Å²) in [6.45, 7) is 2.16. The van der Waals surface area contributed by atoms with Crippen molar-refractivity contribution in [2.75, 3.05) is 5.73 Å². The topological polar surface area (TPSA) is 52.3 Å². The molecule has 0 atom stereocenters. The molecule has 0 saturated carbocycles. The first kappa shape index (κ1) is 13.9. The number of rotatable bonds is 3. The summed E-state index contributed by atoms with van der Waals surface area (Å²) in [4.78, 5) is 11.9. The quantitative estimate of drug-likeness (QED) is 0.513. The third-order valence-electron chi connectivity index (χ3n) is 2.62. The Kier molecular flexibility index (Phi) is 4.42. The van der Waals surface area contributed by atoms with Gasteiger partial charge in [-0.1, -0.05) is 12.1 Å². The van der Waals surface area contributed by atoms with Crippen LogP contribution in [0.5, 0.6) is 0 Å². The minimum atomic E-state index is -0.353. The molecule has 0 aromatic heterocycles. The fourth-order valence-corrected chi connectivity index (χ4v) is 2.10. The molecule has 2 N–H and O–H groups in total. The van der Waals surface area contributed by atoms with E-state index in [1.807, 2.05) is 37.3 Å². The van der Waals surface area contributed by atoms with Gasteiger partial charge in [-0.2, -0.15) is 0 Å². The number of carbonyl (C=O) groups is 1. The fraction of sp³-hybridized carbons (Fsp3) is 0.133. The zero-order chi connectivity index (χ0) is 13.8. The minimum Gasteiger partial charge on any atom is -0.457 e. The normalized spacial score (nSPS) is 10.2. The van der Waals surface area contributed by atoms with E-state index in [1.165, 1.54) is 0 Å². The molecule has 98 valence electrons. The maximum Gasteiger partial charge on any atom is 0.338 e. The van der Waals surface area contributed by atoms with Crippen molar-refractivity contribution >= 4 is 34.2 Å². The van der Waals surface area contributed by atoms with Gasteiger partial charge in [0.15, 0.2) is 0 Å². The van der Waals surface area contributed by atoms with E-state index in [-0.39, 0.29) is 12.6 Å². The van der Waals surface area contributed by atoms with Gasteiger partial charge in [0.25, 0.3) is 0 Å². The Hall–Kier alpha value is -1.56. The summed E-state index contributed by atoms with van der Waals surface area (Å²) in [5.41, 5.74) is 8.68. The van der Waals surface area contributed by atoms with Crippen LogP contribution in [0.2, 0.25) is 0 Å². The molecule has 3 nitrogen and oxygen atoms in total. The number of hydrogen-bond acceptors (Lipinski definition) is 3. The highest BCUT2D eigenvalue weighted by Gasteiger charge is 2.08. The van der Waals surface area contributed by atoms with Crippen LogP contribution in [0.3, 0.4) is 0 Å². The summed E-state index contributed by atoms with van der Waals surface area (Å²) in [5, 5.41) is 0. The van der Waals surface area contributed by atoms with Gasteiger partial charge < -0.3 is 10.5 Å². The number of ether oxygens (including phenoxy) is 1. The average molecular weight is 367 g/mol. The van der Waals surface area contributed by atoms with Gasteiger partial charge in [-0.3, -0.25) is 0 Å². The van der Waals surface area contributed by atoms with E-state index in [2.05, 4.69) is 22.6 Å². The molecule has 2 rings (SSSR count). The third kappa shape index (κ3) is 3.96. The highest BCUT2D eigenvalue weighted by molar-refractivity contribution is 14.1. The molecule has 0 amide bonds. The molecule has 0 bridgehead atoms. The molecule has 0 spiro atoms. The number of esters is 1. The van der Waals surface area contributed by atoms with E-state index in [9.17, 15) is 4.79 Å². The van der Waals surface area contributed by atoms with Crippen LogP contribution in [-0.4, -0.2) is 5.97 Å². The molecule has 0 fully saturated rings. The van der Waals surface area contributed by atoms with E-state index >= 15 is 0 Å². The first-order valence-corrected chi connectivity index (χ1v) is 6.91. The van der Waals surface area contributed by atoms with Crippen LogP contribution in [0.25, 0.3) is 0 Å². The number of nitrogens with two attached hydrogens (primary N) is 1. The van der Waals surface area contributed by atoms with Crippen molar-refractivity contribution in [2.24, 2.45) is 0 Å². The van der Waals surface area contributed by atoms with Gasteiger partial charge in [0.1, 0.15) is 6.61 Å². The third-order valence-corrected chi connectivity index (χ3v) is 3.34. The van der Waals surface area contributed by atoms with Gasteiger partial charge >= 0.3 is 5.97 Å². The van der Waals surface area contributed by atoms with Gasteiger partial charge in [0, 0.05) is 9.26 Å².